The molecule has 6 nitrogen and oxygen atoms in total. The van der Waals surface area contributed by atoms with Crippen molar-refractivity contribution in [3.05, 3.63) is 74.7 Å². The van der Waals surface area contributed by atoms with Crippen LogP contribution in [0.4, 0.5) is 0 Å². The van der Waals surface area contributed by atoms with Crippen LogP contribution in [0.1, 0.15) is 29.2 Å². The molecule has 0 unspecified atom stereocenters. The fraction of sp³-hybridized carbons (Fsp3) is 0.190. The van der Waals surface area contributed by atoms with Crippen molar-refractivity contribution in [3.8, 4) is 0 Å². The summed E-state index contributed by atoms with van der Waals surface area (Å²) in [5.41, 5.74) is 3.85. The smallest absolute Gasteiger partial charge is 0.360 e. The lowest BCUT2D eigenvalue weighted by molar-refractivity contribution is -0.132. The zero-order chi connectivity index (χ0) is 21.2. The van der Waals surface area contributed by atoms with Crippen molar-refractivity contribution in [2.45, 2.75) is 13.5 Å². The van der Waals surface area contributed by atoms with E-state index in [4.69, 9.17) is 26.0 Å². The molecule has 0 heterocycles. The molecule has 0 aliphatic heterocycles. The Labute approximate surface area is 182 Å². The minimum Gasteiger partial charge on any atom is -0.464 e. The summed E-state index contributed by atoms with van der Waals surface area (Å²) in [5, 5.41) is 7.97. The fourth-order valence-corrected chi connectivity index (χ4v) is 2.88. The first-order valence-corrected chi connectivity index (χ1v) is 9.70. The van der Waals surface area contributed by atoms with Gasteiger partial charge in [0.1, 0.15) is 13.7 Å². The number of esters is 1. The van der Waals surface area contributed by atoms with Crippen LogP contribution >= 0.6 is 27.5 Å². The molecule has 0 aliphatic carbocycles. The number of carbonyl (C=O) groups excluding carboxylic acids is 1. The molecule has 29 heavy (non-hydrogen) atoms. The SMILES string of the molecule is CON=C(C(=O)OC)c1ccccc1CON=C(C)c1cccc(C=C(Cl)Br)c1. The van der Waals surface area contributed by atoms with Gasteiger partial charge in [0.05, 0.1) is 16.8 Å². The Hall–Kier alpha value is -2.64. The van der Waals surface area contributed by atoms with Gasteiger partial charge in [-0.25, -0.2) is 4.79 Å². The number of hydrogen-bond donors (Lipinski definition) is 0. The summed E-state index contributed by atoms with van der Waals surface area (Å²) in [6.07, 6.45) is 1.79. The van der Waals surface area contributed by atoms with Gasteiger partial charge in [0.2, 0.25) is 0 Å². The Kier molecular flexibility index (Phi) is 8.89. The highest BCUT2D eigenvalue weighted by Gasteiger charge is 2.19. The molecule has 2 aromatic carbocycles. The molecule has 0 spiro atoms. The molecule has 0 atom stereocenters. The first-order valence-electron chi connectivity index (χ1n) is 8.53. The van der Waals surface area contributed by atoms with E-state index in [1.54, 1.807) is 18.2 Å². The van der Waals surface area contributed by atoms with Crippen LogP contribution < -0.4 is 0 Å². The van der Waals surface area contributed by atoms with E-state index in [1.165, 1.54) is 14.2 Å². The molecule has 0 fully saturated rings. The first-order chi connectivity index (χ1) is 14.0. The van der Waals surface area contributed by atoms with E-state index >= 15 is 0 Å². The van der Waals surface area contributed by atoms with Gasteiger partial charge in [0, 0.05) is 11.1 Å². The number of rotatable bonds is 8. The van der Waals surface area contributed by atoms with E-state index in [1.807, 2.05) is 43.3 Å². The van der Waals surface area contributed by atoms with Gasteiger partial charge >= 0.3 is 5.97 Å². The van der Waals surface area contributed by atoms with Crippen LogP contribution in [-0.4, -0.2) is 31.6 Å². The molecule has 0 bridgehead atoms. The fourth-order valence-electron chi connectivity index (χ4n) is 2.49. The molecular formula is C21H20BrClN2O4. The largest absolute Gasteiger partial charge is 0.464 e. The van der Waals surface area contributed by atoms with E-state index in [0.717, 1.165) is 11.1 Å². The van der Waals surface area contributed by atoms with E-state index in [0.29, 0.717) is 20.8 Å². The Morgan fingerprint density at radius 1 is 1.14 bits per heavy atom. The number of benzene rings is 2. The van der Waals surface area contributed by atoms with E-state index in [9.17, 15) is 4.79 Å². The third kappa shape index (κ3) is 6.73. The summed E-state index contributed by atoms with van der Waals surface area (Å²) in [6.45, 7) is 1.98. The zero-order valence-electron chi connectivity index (χ0n) is 16.2. The number of nitrogens with zero attached hydrogens (tertiary/aromatic N) is 2. The van der Waals surface area contributed by atoms with E-state index in [2.05, 4.69) is 26.2 Å². The summed E-state index contributed by atoms with van der Waals surface area (Å²) in [5.74, 6) is -0.602. The second kappa shape index (κ2) is 11.4. The summed E-state index contributed by atoms with van der Waals surface area (Å²) in [4.78, 5) is 22.3. The number of methoxy groups -OCH3 is 1. The van der Waals surface area contributed by atoms with Crippen molar-refractivity contribution in [3.63, 3.8) is 0 Å². The van der Waals surface area contributed by atoms with Crippen molar-refractivity contribution in [1.29, 1.82) is 0 Å². The minimum absolute atomic E-state index is 0.0565. The van der Waals surface area contributed by atoms with Gasteiger partial charge in [-0.3, -0.25) is 0 Å². The van der Waals surface area contributed by atoms with Crippen LogP contribution in [0, 0.1) is 0 Å². The Morgan fingerprint density at radius 3 is 2.59 bits per heavy atom. The van der Waals surface area contributed by atoms with Crippen LogP contribution in [0.5, 0.6) is 0 Å². The van der Waals surface area contributed by atoms with Crippen LogP contribution in [-0.2, 0) is 25.8 Å². The summed E-state index contributed by atoms with van der Waals surface area (Å²) in [6, 6.07) is 14.9. The highest BCUT2D eigenvalue weighted by Crippen LogP contribution is 2.18. The third-order valence-electron chi connectivity index (χ3n) is 3.84. The summed E-state index contributed by atoms with van der Waals surface area (Å²) in [7, 11) is 2.65. The topological polar surface area (TPSA) is 69.5 Å². The van der Waals surface area contributed by atoms with E-state index < -0.39 is 5.97 Å². The lowest BCUT2D eigenvalue weighted by atomic mass is 10.0. The highest BCUT2D eigenvalue weighted by molar-refractivity contribution is 9.12. The van der Waals surface area contributed by atoms with Gasteiger partial charge < -0.3 is 14.4 Å². The van der Waals surface area contributed by atoms with Crippen molar-refractivity contribution < 1.29 is 19.2 Å². The zero-order valence-corrected chi connectivity index (χ0v) is 18.5. The summed E-state index contributed by atoms with van der Waals surface area (Å²) < 4.78 is 5.29. The minimum atomic E-state index is -0.602. The molecule has 0 saturated carbocycles. The van der Waals surface area contributed by atoms with Crippen molar-refractivity contribution in [1.82, 2.24) is 0 Å². The number of carbonyl (C=O) groups is 1. The molecule has 0 saturated heterocycles. The second-order valence-electron chi connectivity index (χ2n) is 5.78. The van der Waals surface area contributed by atoms with Gasteiger partial charge in [0.15, 0.2) is 5.71 Å². The maximum absolute atomic E-state index is 12.0. The molecule has 0 radical (unpaired) electrons. The average Bonchev–Trinajstić information content (AvgIpc) is 2.71. The predicted octanol–water partition coefficient (Wildman–Crippen LogP) is 5.08. The molecule has 0 aromatic heterocycles. The van der Waals surface area contributed by atoms with Crippen LogP contribution in [0.15, 0.2) is 62.8 Å². The predicted molar refractivity (Wildman–Crippen MR) is 118 cm³/mol. The van der Waals surface area contributed by atoms with Crippen LogP contribution in [0.25, 0.3) is 6.08 Å². The van der Waals surface area contributed by atoms with Crippen molar-refractivity contribution >= 4 is 51.0 Å². The lowest BCUT2D eigenvalue weighted by Crippen LogP contribution is -2.19. The van der Waals surface area contributed by atoms with Crippen molar-refractivity contribution in [2.24, 2.45) is 10.3 Å². The highest BCUT2D eigenvalue weighted by atomic mass is 79.9. The molecule has 152 valence electrons. The number of ether oxygens (including phenoxy) is 1. The van der Waals surface area contributed by atoms with Crippen LogP contribution in [0.3, 0.4) is 0 Å². The van der Waals surface area contributed by atoms with Gasteiger partial charge in [-0.2, -0.15) is 0 Å². The molecule has 2 rings (SSSR count). The normalized spacial score (nSPS) is 12.5. The Balaban J connectivity index is 2.19. The van der Waals surface area contributed by atoms with Gasteiger partial charge in [0.25, 0.3) is 0 Å². The van der Waals surface area contributed by atoms with Crippen LogP contribution in [0.2, 0.25) is 0 Å². The van der Waals surface area contributed by atoms with Gasteiger partial charge in [-0.15, -0.1) is 0 Å². The number of halogens is 2. The molecule has 2 aromatic rings. The molecule has 0 N–H and O–H groups in total. The standard InChI is InChI=1S/C21H20BrClN2O4/c1-14(16-9-6-7-15(11-16)12-19(22)23)24-29-13-17-8-4-5-10-18(17)20(25-28-3)21(26)27-2/h4-12H,13H2,1-3H3. The first kappa shape index (κ1) is 22.6. The van der Waals surface area contributed by atoms with Gasteiger partial charge in [-0.05, 0) is 46.1 Å². The third-order valence-corrected chi connectivity index (χ3v) is 4.17. The maximum Gasteiger partial charge on any atom is 0.360 e. The van der Waals surface area contributed by atoms with E-state index in [-0.39, 0.29) is 12.3 Å². The second-order valence-corrected chi connectivity index (χ2v) is 7.50. The molecule has 0 amide bonds. The maximum atomic E-state index is 12.0. The Bertz CT molecular complexity index is 953. The Morgan fingerprint density at radius 2 is 1.90 bits per heavy atom. The quantitative estimate of drug-likeness (QED) is 0.301. The van der Waals surface area contributed by atoms with Crippen molar-refractivity contribution in [2.75, 3.05) is 14.2 Å². The van der Waals surface area contributed by atoms with Gasteiger partial charge in [-0.1, -0.05) is 64.4 Å². The molecular weight excluding hydrogens is 460 g/mol. The lowest BCUT2D eigenvalue weighted by Gasteiger charge is -2.10. The number of hydrogen-bond acceptors (Lipinski definition) is 6. The molecule has 8 heteroatoms. The summed E-state index contributed by atoms with van der Waals surface area (Å²) >= 11 is 9.07. The molecule has 0 aliphatic rings. The average molecular weight is 480 g/mol. The number of oxime groups is 2. The monoisotopic (exact) mass is 478 g/mol.